The molecule has 12 rings (SSSR count). The van der Waals surface area contributed by atoms with E-state index in [1.165, 1.54) is 77.6 Å². The Morgan fingerprint density at radius 3 is 1.26 bits per heavy atom. The first-order valence-corrected chi connectivity index (χ1v) is 25.0. The fourth-order valence-corrected chi connectivity index (χ4v) is 11.8. The van der Waals surface area contributed by atoms with Gasteiger partial charge in [-0.1, -0.05) is 190 Å². The van der Waals surface area contributed by atoms with Crippen LogP contribution < -0.4 is 9.80 Å². The van der Waals surface area contributed by atoms with Gasteiger partial charge < -0.3 is 14.4 Å². The van der Waals surface area contributed by atoms with E-state index in [9.17, 15) is 0 Å². The van der Waals surface area contributed by atoms with Crippen LogP contribution in [0.15, 0.2) is 206 Å². The highest BCUT2D eigenvalue weighted by Gasteiger charge is 2.50. The topological polar surface area (TPSA) is 11.4 Å². The Morgan fingerprint density at radius 2 is 0.800 bits per heavy atom. The highest BCUT2D eigenvalue weighted by atomic mass is 15.3. The predicted octanol–water partition coefficient (Wildman–Crippen LogP) is 18.3. The van der Waals surface area contributed by atoms with Crippen LogP contribution in [-0.2, 0) is 21.7 Å². The summed E-state index contributed by atoms with van der Waals surface area (Å²) in [6.07, 6.45) is 0. The molecule has 2 heterocycles. The van der Waals surface area contributed by atoms with Crippen LogP contribution in [0.2, 0.25) is 0 Å². The maximum atomic E-state index is 2.59. The van der Waals surface area contributed by atoms with E-state index in [1.807, 2.05) is 0 Å². The minimum atomic E-state index is -0.676. The molecule has 70 heavy (non-hydrogen) atoms. The Labute approximate surface area is 414 Å². The molecule has 0 radical (unpaired) electrons. The molecule has 0 fully saturated rings. The Kier molecular flexibility index (Phi) is 9.79. The van der Waals surface area contributed by atoms with E-state index >= 15 is 0 Å². The molecular weight excluding hydrogens is 847 g/mol. The van der Waals surface area contributed by atoms with Gasteiger partial charge in [-0.3, -0.25) is 0 Å². The summed E-state index contributed by atoms with van der Waals surface area (Å²) < 4.78 is 2.59. The summed E-state index contributed by atoms with van der Waals surface area (Å²) in [6, 6.07) is 77.9. The highest BCUT2D eigenvalue weighted by Crippen LogP contribution is 2.62. The molecule has 1 aliphatic heterocycles. The molecule has 9 aromatic carbocycles. The molecule has 2 aliphatic rings. The fraction of sp³-hybridized carbons (Fsp3) is 0.194. The van der Waals surface area contributed by atoms with Crippen molar-refractivity contribution in [2.24, 2.45) is 0 Å². The Balaban J connectivity index is 1.21. The quantitative estimate of drug-likeness (QED) is 0.170. The largest absolute Gasteiger partial charge is 0.309 e. The van der Waals surface area contributed by atoms with Crippen molar-refractivity contribution in [2.75, 3.05) is 9.80 Å². The van der Waals surface area contributed by atoms with Gasteiger partial charge in [-0.25, -0.2) is 0 Å². The van der Waals surface area contributed by atoms with Gasteiger partial charge >= 0.3 is 0 Å². The van der Waals surface area contributed by atoms with E-state index < -0.39 is 5.41 Å². The normalized spacial score (nSPS) is 14.1. The number of hydrogen-bond donors (Lipinski definition) is 0. The second-order valence-corrected chi connectivity index (χ2v) is 22.6. The molecular formula is C67H61N3. The van der Waals surface area contributed by atoms with Crippen LogP contribution in [0.25, 0.3) is 38.6 Å². The van der Waals surface area contributed by atoms with E-state index in [1.54, 1.807) is 0 Å². The van der Waals surface area contributed by atoms with Gasteiger partial charge in [-0.2, -0.15) is 0 Å². The van der Waals surface area contributed by atoms with Crippen molar-refractivity contribution in [3.05, 3.63) is 245 Å². The summed E-state index contributed by atoms with van der Waals surface area (Å²) in [7, 11) is 0. The van der Waals surface area contributed by atoms with E-state index in [0.717, 1.165) is 34.1 Å². The van der Waals surface area contributed by atoms with Crippen molar-refractivity contribution in [2.45, 2.75) is 84.0 Å². The summed E-state index contributed by atoms with van der Waals surface area (Å²) in [5.74, 6) is 0. The SMILES string of the molecule is CC(C)(C)c1ccc2c(c1)c1cc(C(C)(C)C)ccc1n2-c1ccc(C(C)(C)C)c2c1-c1ccc(N3c4ccccc4N(c4ccccc4)c4ccccc43)cc1C2(c1ccccc1)c1ccccc1. The van der Waals surface area contributed by atoms with Gasteiger partial charge in [0.2, 0.25) is 0 Å². The van der Waals surface area contributed by atoms with Gasteiger partial charge in [0.25, 0.3) is 0 Å². The van der Waals surface area contributed by atoms with Crippen molar-refractivity contribution < 1.29 is 0 Å². The summed E-state index contributed by atoms with van der Waals surface area (Å²) in [6.45, 7) is 21.1. The monoisotopic (exact) mass is 907 g/mol. The molecule has 0 atom stereocenters. The maximum absolute atomic E-state index is 2.59. The van der Waals surface area contributed by atoms with Gasteiger partial charge in [0.1, 0.15) is 0 Å². The average Bonchev–Trinajstić information content (AvgIpc) is 3.85. The van der Waals surface area contributed by atoms with Crippen LogP contribution >= 0.6 is 0 Å². The second-order valence-electron chi connectivity index (χ2n) is 22.6. The van der Waals surface area contributed by atoms with Gasteiger partial charge in [0, 0.05) is 27.7 Å². The Hall–Kier alpha value is -7.62. The van der Waals surface area contributed by atoms with Gasteiger partial charge in [0.15, 0.2) is 0 Å². The van der Waals surface area contributed by atoms with Gasteiger partial charge in [0.05, 0.1) is 44.9 Å². The van der Waals surface area contributed by atoms with Crippen LogP contribution in [0.3, 0.4) is 0 Å². The van der Waals surface area contributed by atoms with Crippen molar-refractivity contribution in [1.82, 2.24) is 4.57 Å². The summed E-state index contributed by atoms with van der Waals surface area (Å²) in [5.41, 5.74) is 21.3. The van der Waals surface area contributed by atoms with Crippen molar-refractivity contribution in [1.29, 1.82) is 0 Å². The minimum Gasteiger partial charge on any atom is -0.309 e. The third-order valence-electron chi connectivity index (χ3n) is 15.2. The minimum absolute atomic E-state index is 0.00328. The lowest BCUT2D eigenvalue weighted by atomic mass is 9.64. The lowest BCUT2D eigenvalue weighted by Gasteiger charge is -2.41. The summed E-state index contributed by atoms with van der Waals surface area (Å²) in [4.78, 5) is 4.90. The van der Waals surface area contributed by atoms with Crippen molar-refractivity contribution in [3.63, 3.8) is 0 Å². The number of para-hydroxylation sites is 5. The number of hydrogen-bond acceptors (Lipinski definition) is 2. The zero-order valence-corrected chi connectivity index (χ0v) is 42.0. The first-order chi connectivity index (χ1) is 33.7. The Morgan fingerprint density at radius 1 is 0.357 bits per heavy atom. The molecule has 3 heteroatoms. The number of anilines is 6. The zero-order valence-electron chi connectivity index (χ0n) is 42.0. The predicted molar refractivity (Wildman–Crippen MR) is 297 cm³/mol. The second kappa shape index (κ2) is 15.7. The smallest absolute Gasteiger partial charge is 0.0717 e. The molecule has 0 unspecified atom stereocenters. The molecule has 0 bridgehead atoms. The molecule has 1 aromatic heterocycles. The van der Waals surface area contributed by atoms with Crippen LogP contribution in [0.1, 0.15) is 101 Å². The molecule has 10 aromatic rings. The molecule has 3 nitrogen and oxygen atoms in total. The molecule has 344 valence electrons. The third kappa shape index (κ3) is 6.54. The van der Waals surface area contributed by atoms with Crippen molar-refractivity contribution in [3.8, 4) is 16.8 Å². The number of aromatic nitrogens is 1. The third-order valence-corrected chi connectivity index (χ3v) is 15.2. The molecule has 0 N–H and O–H groups in total. The van der Waals surface area contributed by atoms with Crippen LogP contribution in [-0.4, -0.2) is 4.57 Å². The van der Waals surface area contributed by atoms with Crippen LogP contribution in [0.5, 0.6) is 0 Å². The number of benzene rings is 9. The van der Waals surface area contributed by atoms with E-state index in [-0.39, 0.29) is 16.2 Å². The standard InChI is InChI=1S/C67H61N3/c1-64(2,3)46-33-38-55-51(41-46)52-42-47(65(4,5)6)34-39-56(52)70(55)61-40-37-53(66(7,8)9)63-62(61)50-36-35-49(43-54(50)67(63,44-23-13-10-14-24-44)45-25-15-11-16-26-45)69-59-31-21-19-29-57(59)68(48-27-17-12-18-28-48)58-30-20-22-32-60(58)69/h10-43H,1-9H3. The highest BCUT2D eigenvalue weighted by molar-refractivity contribution is 6.11. The molecule has 1 aliphatic carbocycles. The van der Waals surface area contributed by atoms with E-state index in [0.29, 0.717) is 0 Å². The summed E-state index contributed by atoms with van der Waals surface area (Å²) >= 11 is 0. The molecule has 0 spiro atoms. The number of rotatable bonds is 5. The van der Waals surface area contributed by atoms with Crippen molar-refractivity contribution >= 4 is 55.9 Å². The molecule has 0 saturated carbocycles. The molecule has 0 amide bonds. The number of nitrogens with zero attached hydrogens (tertiary/aromatic N) is 3. The van der Waals surface area contributed by atoms with Crippen LogP contribution in [0.4, 0.5) is 34.1 Å². The average molecular weight is 908 g/mol. The first-order valence-electron chi connectivity index (χ1n) is 25.0. The lowest BCUT2D eigenvalue weighted by molar-refractivity contribution is 0.572. The van der Waals surface area contributed by atoms with E-state index in [4.69, 9.17) is 0 Å². The lowest BCUT2D eigenvalue weighted by Crippen LogP contribution is -2.32. The van der Waals surface area contributed by atoms with Gasteiger partial charge in [-0.15, -0.1) is 0 Å². The maximum Gasteiger partial charge on any atom is 0.0717 e. The van der Waals surface area contributed by atoms with Crippen LogP contribution in [0, 0.1) is 0 Å². The summed E-state index contributed by atoms with van der Waals surface area (Å²) in [5, 5.41) is 2.58. The first kappa shape index (κ1) is 43.6. The zero-order chi connectivity index (χ0) is 48.3. The number of fused-ring (bicyclic) bond motifs is 8. The van der Waals surface area contributed by atoms with Gasteiger partial charge in [-0.05, 0) is 140 Å². The fourth-order valence-electron chi connectivity index (χ4n) is 11.8. The molecule has 0 saturated heterocycles. The van der Waals surface area contributed by atoms with E-state index in [2.05, 4.69) is 283 Å². The Bertz CT molecular complexity index is 3490.